The van der Waals surface area contributed by atoms with Crippen molar-refractivity contribution in [2.75, 3.05) is 17.7 Å². The fraction of sp³-hybridized carbons (Fsp3) is 0.167. The molecular weight excluding hydrogens is 204 g/mol. The maximum Gasteiger partial charge on any atom is 0.0409 e. The minimum atomic E-state index is 0.891. The Morgan fingerprint density at radius 3 is 2.40 bits per heavy atom. The summed E-state index contributed by atoms with van der Waals surface area (Å²) in [4.78, 5) is 0. The molecule has 0 amide bonds. The SMILES string of the molecule is CNc1ccc(NCc2ccsc2)cc1. The molecule has 2 N–H and O–H groups in total. The molecule has 3 heteroatoms. The van der Waals surface area contributed by atoms with E-state index in [2.05, 4.69) is 51.7 Å². The summed E-state index contributed by atoms with van der Waals surface area (Å²) in [5.74, 6) is 0. The van der Waals surface area contributed by atoms with Crippen molar-refractivity contribution in [2.45, 2.75) is 6.54 Å². The van der Waals surface area contributed by atoms with Crippen molar-refractivity contribution in [2.24, 2.45) is 0 Å². The summed E-state index contributed by atoms with van der Waals surface area (Å²) in [6.45, 7) is 0.891. The summed E-state index contributed by atoms with van der Waals surface area (Å²) in [6, 6.07) is 10.4. The normalized spacial score (nSPS) is 9.93. The van der Waals surface area contributed by atoms with E-state index < -0.39 is 0 Å². The van der Waals surface area contributed by atoms with E-state index in [-0.39, 0.29) is 0 Å². The van der Waals surface area contributed by atoms with E-state index in [4.69, 9.17) is 0 Å². The Bertz CT molecular complexity index is 392. The summed E-state index contributed by atoms with van der Waals surface area (Å²) >= 11 is 1.73. The first kappa shape index (κ1) is 10.1. The van der Waals surface area contributed by atoms with Gasteiger partial charge in [-0.05, 0) is 46.7 Å². The third kappa shape index (κ3) is 2.73. The third-order valence-electron chi connectivity index (χ3n) is 2.25. The topological polar surface area (TPSA) is 24.1 Å². The molecule has 2 rings (SSSR count). The maximum absolute atomic E-state index is 3.38. The van der Waals surface area contributed by atoms with E-state index >= 15 is 0 Å². The van der Waals surface area contributed by atoms with Crippen molar-refractivity contribution in [1.29, 1.82) is 0 Å². The number of hydrogen-bond donors (Lipinski definition) is 2. The molecule has 0 saturated heterocycles. The van der Waals surface area contributed by atoms with Gasteiger partial charge in [0.25, 0.3) is 0 Å². The van der Waals surface area contributed by atoms with Crippen LogP contribution in [0.15, 0.2) is 41.1 Å². The lowest BCUT2D eigenvalue weighted by atomic mass is 10.2. The van der Waals surface area contributed by atoms with E-state index in [1.54, 1.807) is 11.3 Å². The fourth-order valence-corrected chi connectivity index (χ4v) is 2.02. The standard InChI is InChI=1S/C12H14N2S/c1-13-11-2-4-12(5-3-11)14-8-10-6-7-15-9-10/h2-7,9,13-14H,8H2,1H3. The van der Waals surface area contributed by atoms with Gasteiger partial charge >= 0.3 is 0 Å². The van der Waals surface area contributed by atoms with Crippen LogP contribution in [0.25, 0.3) is 0 Å². The molecule has 0 bridgehead atoms. The van der Waals surface area contributed by atoms with Gasteiger partial charge in [0.2, 0.25) is 0 Å². The lowest BCUT2D eigenvalue weighted by Crippen LogP contribution is -1.97. The first-order valence-electron chi connectivity index (χ1n) is 4.91. The fourth-order valence-electron chi connectivity index (χ4n) is 1.35. The van der Waals surface area contributed by atoms with Crippen LogP contribution in [0.5, 0.6) is 0 Å². The van der Waals surface area contributed by atoms with Gasteiger partial charge in [-0.3, -0.25) is 0 Å². The molecule has 2 nitrogen and oxygen atoms in total. The zero-order chi connectivity index (χ0) is 10.5. The predicted octanol–water partition coefficient (Wildman–Crippen LogP) is 3.40. The van der Waals surface area contributed by atoms with Crippen LogP contribution >= 0.6 is 11.3 Å². The summed E-state index contributed by atoms with van der Waals surface area (Å²) in [7, 11) is 1.92. The van der Waals surface area contributed by atoms with Crippen molar-refractivity contribution in [3.63, 3.8) is 0 Å². The largest absolute Gasteiger partial charge is 0.388 e. The van der Waals surface area contributed by atoms with E-state index in [1.807, 2.05) is 7.05 Å². The molecule has 0 fully saturated rings. The van der Waals surface area contributed by atoms with Gasteiger partial charge in [-0.25, -0.2) is 0 Å². The second kappa shape index (κ2) is 4.84. The number of rotatable bonds is 4. The Kier molecular flexibility index (Phi) is 3.25. The van der Waals surface area contributed by atoms with Crippen LogP contribution in [0.1, 0.15) is 5.56 Å². The number of hydrogen-bond acceptors (Lipinski definition) is 3. The molecule has 0 saturated carbocycles. The lowest BCUT2D eigenvalue weighted by Gasteiger charge is -2.06. The Labute approximate surface area is 94.0 Å². The third-order valence-corrected chi connectivity index (χ3v) is 2.98. The van der Waals surface area contributed by atoms with Crippen molar-refractivity contribution in [3.05, 3.63) is 46.7 Å². The summed E-state index contributed by atoms with van der Waals surface area (Å²) in [5.41, 5.74) is 3.62. The van der Waals surface area contributed by atoms with Crippen molar-refractivity contribution < 1.29 is 0 Å². The van der Waals surface area contributed by atoms with Crippen LogP contribution in [-0.2, 0) is 6.54 Å². The average molecular weight is 218 g/mol. The summed E-state index contributed by atoms with van der Waals surface area (Å²) in [6.07, 6.45) is 0. The zero-order valence-corrected chi connectivity index (χ0v) is 9.47. The number of nitrogens with one attached hydrogen (secondary N) is 2. The molecule has 0 aliphatic carbocycles. The molecule has 2 aromatic rings. The Morgan fingerprint density at radius 1 is 1.07 bits per heavy atom. The number of benzene rings is 1. The molecule has 1 heterocycles. The molecule has 0 aliphatic heterocycles. The van der Waals surface area contributed by atoms with Crippen LogP contribution < -0.4 is 10.6 Å². The number of thiophene rings is 1. The first-order valence-corrected chi connectivity index (χ1v) is 5.85. The van der Waals surface area contributed by atoms with Crippen molar-refractivity contribution >= 4 is 22.7 Å². The van der Waals surface area contributed by atoms with Gasteiger partial charge in [0.15, 0.2) is 0 Å². The highest BCUT2D eigenvalue weighted by Gasteiger charge is 1.94. The predicted molar refractivity (Wildman–Crippen MR) is 67.6 cm³/mol. The second-order valence-corrected chi connectivity index (χ2v) is 4.09. The summed E-state index contributed by atoms with van der Waals surface area (Å²) in [5, 5.41) is 10.7. The molecule has 0 radical (unpaired) electrons. The zero-order valence-electron chi connectivity index (χ0n) is 8.66. The minimum Gasteiger partial charge on any atom is -0.388 e. The smallest absolute Gasteiger partial charge is 0.0409 e. The highest BCUT2D eigenvalue weighted by molar-refractivity contribution is 7.07. The van der Waals surface area contributed by atoms with E-state index in [0.717, 1.165) is 17.9 Å². The van der Waals surface area contributed by atoms with Crippen LogP contribution in [0.4, 0.5) is 11.4 Å². The van der Waals surface area contributed by atoms with Gasteiger partial charge in [-0.15, -0.1) is 0 Å². The van der Waals surface area contributed by atoms with E-state index in [1.165, 1.54) is 5.56 Å². The molecule has 1 aromatic carbocycles. The first-order chi connectivity index (χ1) is 7.38. The second-order valence-electron chi connectivity index (χ2n) is 3.31. The van der Waals surface area contributed by atoms with Gasteiger partial charge in [0.05, 0.1) is 0 Å². The maximum atomic E-state index is 3.38. The quantitative estimate of drug-likeness (QED) is 0.822. The molecule has 0 spiro atoms. The van der Waals surface area contributed by atoms with Crippen LogP contribution in [-0.4, -0.2) is 7.05 Å². The Balaban J connectivity index is 1.93. The molecule has 0 aliphatic rings. The van der Waals surface area contributed by atoms with Crippen molar-refractivity contribution in [3.8, 4) is 0 Å². The molecule has 1 aromatic heterocycles. The molecule has 78 valence electrons. The Hall–Kier alpha value is -1.48. The monoisotopic (exact) mass is 218 g/mol. The highest BCUT2D eigenvalue weighted by Crippen LogP contribution is 2.14. The van der Waals surface area contributed by atoms with E-state index in [0.29, 0.717) is 0 Å². The van der Waals surface area contributed by atoms with Crippen LogP contribution in [0.2, 0.25) is 0 Å². The number of anilines is 2. The van der Waals surface area contributed by atoms with Gasteiger partial charge in [0.1, 0.15) is 0 Å². The highest BCUT2D eigenvalue weighted by atomic mass is 32.1. The Morgan fingerprint density at radius 2 is 1.80 bits per heavy atom. The van der Waals surface area contributed by atoms with Gasteiger partial charge in [0, 0.05) is 25.0 Å². The molecular formula is C12H14N2S. The van der Waals surface area contributed by atoms with Gasteiger partial charge < -0.3 is 10.6 Å². The van der Waals surface area contributed by atoms with Crippen LogP contribution in [0, 0.1) is 0 Å². The van der Waals surface area contributed by atoms with Crippen LogP contribution in [0.3, 0.4) is 0 Å². The van der Waals surface area contributed by atoms with Gasteiger partial charge in [-0.1, -0.05) is 0 Å². The van der Waals surface area contributed by atoms with Gasteiger partial charge in [-0.2, -0.15) is 11.3 Å². The average Bonchev–Trinajstić information content (AvgIpc) is 2.80. The summed E-state index contributed by atoms with van der Waals surface area (Å²) < 4.78 is 0. The lowest BCUT2D eigenvalue weighted by molar-refractivity contribution is 1.16. The molecule has 0 atom stereocenters. The van der Waals surface area contributed by atoms with Crippen molar-refractivity contribution in [1.82, 2.24) is 0 Å². The minimum absolute atomic E-state index is 0.891. The van der Waals surface area contributed by atoms with E-state index in [9.17, 15) is 0 Å². The molecule has 15 heavy (non-hydrogen) atoms. The molecule has 0 unspecified atom stereocenters.